The van der Waals surface area contributed by atoms with Gasteiger partial charge in [0.1, 0.15) is 17.9 Å². The highest BCUT2D eigenvalue weighted by Gasteiger charge is 2.51. The number of carbonyl (C=O) groups excluding carboxylic acids is 1. The van der Waals surface area contributed by atoms with Gasteiger partial charge in [0.05, 0.1) is 0 Å². The van der Waals surface area contributed by atoms with Gasteiger partial charge in [0.2, 0.25) is 0 Å². The zero-order valence-electron chi connectivity index (χ0n) is 17.9. The fourth-order valence-electron chi connectivity index (χ4n) is 4.18. The largest absolute Gasteiger partial charge is 0.489 e. The van der Waals surface area contributed by atoms with Crippen molar-refractivity contribution in [1.82, 2.24) is 9.80 Å². The molecular weight excluding hydrogens is 380 g/mol. The van der Waals surface area contributed by atoms with E-state index in [0.29, 0.717) is 32.7 Å². The van der Waals surface area contributed by atoms with E-state index in [1.165, 1.54) is 4.90 Å². The number of carboxylic acid groups (broad SMARTS) is 1. The van der Waals surface area contributed by atoms with E-state index in [0.717, 1.165) is 16.9 Å². The maximum absolute atomic E-state index is 13.0. The molecule has 6 nitrogen and oxygen atoms in total. The maximum atomic E-state index is 13.0. The zero-order chi connectivity index (χ0) is 21.7. The molecule has 1 unspecified atom stereocenters. The number of benzene rings is 2. The van der Waals surface area contributed by atoms with E-state index in [2.05, 4.69) is 0 Å². The Morgan fingerprint density at radius 1 is 1.07 bits per heavy atom. The quantitative estimate of drug-likeness (QED) is 0.665. The van der Waals surface area contributed by atoms with Crippen molar-refractivity contribution < 1.29 is 19.4 Å². The minimum absolute atomic E-state index is 0.176. The third-order valence-electron chi connectivity index (χ3n) is 5.99. The van der Waals surface area contributed by atoms with Crippen molar-refractivity contribution in [3.05, 3.63) is 65.7 Å². The van der Waals surface area contributed by atoms with Gasteiger partial charge in [-0.3, -0.25) is 0 Å². The summed E-state index contributed by atoms with van der Waals surface area (Å²) in [6, 6.07) is 17.5. The molecule has 1 N–H and O–H groups in total. The Kier molecular flexibility index (Phi) is 6.65. The minimum Gasteiger partial charge on any atom is -0.489 e. The molecule has 3 rings (SSSR count). The molecule has 160 valence electrons. The van der Waals surface area contributed by atoms with Gasteiger partial charge in [0, 0.05) is 19.6 Å². The smallest absolute Gasteiger partial charge is 0.329 e. The highest BCUT2D eigenvalue weighted by Crippen LogP contribution is 2.33. The Hall–Kier alpha value is -3.02. The SMILES string of the molecule is CCC(C(=O)O)(C(C)C)N1CCN(Cc2ccc(OCc3ccccc3)cc2)C1=O. The lowest BCUT2D eigenvalue weighted by molar-refractivity contribution is -0.152. The normalized spacial score (nSPS) is 16.1. The van der Waals surface area contributed by atoms with Crippen molar-refractivity contribution in [2.24, 2.45) is 5.92 Å². The Morgan fingerprint density at radius 3 is 2.30 bits per heavy atom. The lowest BCUT2D eigenvalue weighted by Gasteiger charge is -2.40. The van der Waals surface area contributed by atoms with Crippen LogP contribution in [0.4, 0.5) is 4.79 Å². The van der Waals surface area contributed by atoms with Gasteiger partial charge in [-0.05, 0) is 35.6 Å². The van der Waals surface area contributed by atoms with Crippen LogP contribution in [0.15, 0.2) is 54.6 Å². The van der Waals surface area contributed by atoms with Crippen LogP contribution >= 0.6 is 0 Å². The van der Waals surface area contributed by atoms with E-state index in [1.54, 1.807) is 4.90 Å². The summed E-state index contributed by atoms with van der Waals surface area (Å²) in [5.74, 6) is -0.340. The van der Waals surface area contributed by atoms with E-state index in [1.807, 2.05) is 75.4 Å². The van der Waals surface area contributed by atoms with Crippen LogP contribution in [0.3, 0.4) is 0 Å². The van der Waals surface area contributed by atoms with Gasteiger partial charge in [0.25, 0.3) is 0 Å². The standard InChI is InChI=1S/C24H30N2O4/c1-4-24(18(2)3,22(27)28)26-15-14-25(23(26)29)16-19-10-12-21(13-11-19)30-17-20-8-6-5-7-9-20/h5-13,18H,4,14-17H2,1-3H3,(H,27,28). The van der Waals surface area contributed by atoms with Crippen molar-refractivity contribution >= 4 is 12.0 Å². The molecule has 2 amide bonds. The monoisotopic (exact) mass is 410 g/mol. The first-order chi connectivity index (χ1) is 14.4. The number of aliphatic carboxylic acids is 1. The zero-order valence-corrected chi connectivity index (χ0v) is 17.9. The summed E-state index contributed by atoms with van der Waals surface area (Å²) >= 11 is 0. The summed E-state index contributed by atoms with van der Waals surface area (Å²) in [5.41, 5.74) is 0.924. The molecule has 1 aliphatic heterocycles. The van der Waals surface area contributed by atoms with E-state index < -0.39 is 11.5 Å². The lowest BCUT2D eigenvalue weighted by atomic mass is 9.82. The van der Waals surface area contributed by atoms with Crippen LogP contribution in [-0.2, 0) is 17.9 Å². The number of carboxylic acids is 1. The lowest BCUT2D eigenvalue weighted by Crippen LogP contribution is -2.59. The van der Waals surface area contributed by atoms with Crippen LogP contribution in [0.1, 0.15) is 38.3 Å². The summed E-state index contributed by atoms with van der Waals surface area (Å²) in [5, 5.41) is 9.89. The second-order valence-electron chi connectivity index (χ2n) is 8.01. The van der Waals surface area contributed by atoms with Crippen LogP contribution in [0.2, 0.25) is 0 Å². The molecule has 0 bridgehead atoms. The van der Waals surface area contributed by atoms with E-state index in [9.17, 15) is 14.7 Å². The van der Waals surface area contributed by atoms with Gasteiger partial charge >= 0.3 is 12.0 Å². The summed E-state index contributed by atoms with van der Waals surface area (Å²) < 4.78 is 5.81. The van der Waals surface area contributed by atoms with Crippen LogP contribution in [-0.4, -0.2) is 45.5 Å². The topological polar surface area (TPSA) is 70.1 Å². The van der Waals surface area contributed by atoms with Crippen LogP contribution in [0.5, 0.6) is 5.75 Å². The van der Waals surface area contributed by atoms with Gasteiger partial charge in [-0.25, -0.2) is 9.59 Å². The molecule has 1 fully saturated rings. The number of amides is 2. The highest BCUT2D eigenvalue weighted by molar-refractivity contribution is 5.87. The molecule has 2 aromatic carbocycles. The number of nitrogens with zero attached hydrogens (tertiary/aromatic N) is 2. The second kappa shape index (κ2) is 9.20. The first kappa shape index (κ1) is 21.7. The molecular formula is C24H30N2O4. The van der Waals surface area contributed by atoms with E-state index in [-0.39, 0.29) is 11.9 Å². The molecule has 30 heavy (non-hydrogen) atoms. The Labute approximate surface area is 178 Å². The molecule has 0 spiro atoms. The molecule has 0 aromatic heterocycles. The molecule has 2 aromatic rings. The molecule has 1 aliphatic rings. The van der Waals surface area contributed by atoms with Gasteiger partial charge in [-0.2, -0.15) is 0 Å². The predicted molar refractivity (Wildman–Crippen MR) is 115 cm³/mol. The average Bonchev–Trinajstić information content (AvgIpc) is 3.09. The number of urea groups is 1. The van der Waals surface area contributed by atoms with Gasteiger partial charge in [-0.1, -0.05) is 63.2 Å². The summed E-state index contributed by atoms with van der Waals surface area (Å²) in [4.78, 5) is 28.3. The number of hydrogen-bond donors (Lipinski definition) is 1. The van der Waals surface area contributed by atoms with Crippen molar-refractivity contribution in [3.8, 4) is 5.75 Å². The second-order valence-corrected chi connectivity index (χ2v) is 8.01. The van der Waals surface area contributed by atoms with Crippen molar-refractivity contribution in [2.75, 3.05) is 13.1 Å². The van der Waals surface area contributed by atoms with E-state index >= 15 is 0 Å². The van der Waals surface area contributed by atoms with Crippen molar-refractivity contribution in [3.63, 3.8) is 0 Å². The van der Waals surface area contributed by atoms with Crippen LogP contribution in [0, 0.1) is 5.92 Å². The van der Waals surface area contributed by atoms with Crippen LogP contribution < -0.4 is 4.74 Å². The number of hydrogen-bond acceptors (Lipinski definition) is 3. The van der Waals surface area contributed by atoms with Gasteiger partial charge in [0.15, 0.2) is 0 Å². The Morgan fingerprint density at radius 2 is 1.73 bits per heavy atom. The van der Waals surface area contributed by atoms with Gasteiger partial charge < -0.3 is 19.6 Å². The third kappa shape index (κ3) is 4.27. The van der Waals surface area contributed by atoms with Crippen molar-refractivity contribution in [1.29, 1.82) is 0 Å². The first-order valence-electron chi connectivity index (χ1n) is 10.4. The van der Waals surface area contributed by atoms with Gasteiger partial charge in [-0.15, -0.1) is 0 Å². The fourth-order valence-corrected chi connectivity index (χ4v) is 4.18. The summed E-state index contributed by atoms with van der Waals surface area (Å²) in [6.07, 6.45) is 0.382. The highest BCUT2D eigenvalue weighted by atomic mass is 16.5. The number of rotatable bonds is 9. The molecule has 0 aliphatic carbocycles. The third-order valence-corrected chi connectivity index (χ3v) is 5.99. The molecule has 1 heterocycles. The van der Waals surface area contributed by atoms with Crippen molar-refractivity contribution in [2.45, 2.75) is 45.9 Å². The number of ether oxygens (including phenoxy) is 1. The fraction of sp³-hybridized carbons (Fsp3) is 0.417. The molecule has 1 saturated heterocycles. The predicted octanol–water partition coefficient (Wildman–Crippen LogP) is 4.39. The molecule has 1 atom stereocenters. The van der Waals surface area contributed by atoms with Crippen LogP contribution in [0.25, 0.3) is 0 Å². The summed E-state index contributed by atoms with van der Waals surface area (Å²) in [6.45, 7) is 7.46. The van der Waals surface area contributed by atoms with E-state index in [4.69, 9.17) is 4.74 Å². The Balaban J connectivity index is 1.63. The summed E-state index contributed by atoms with van der Waals surface area (Å²) in [7, 11) is 0. The Bertz CT molecular complexity index is 867. The minimum atomic E-state index is -1.17. The molecule has 0 saturated carbocycles. The average molecular weight is 411 g/mol. The molecule has 6 heteroatoms. The maximum Gasteiger partial charge on any atom is 0.329 e. The number of carbonyl (C=O) groups is 2. The molecule has 0 radical (unpaired) electrons. The first-order valence-corrected chi connectivity index (χ1v) is 10.4.